The Morgan fingerprint density at radius 1 is 1.39 bits per heavy atom. The third-order valence-corrected chi connectivity index (χ3v) is 4.67. The molecule has 10 nitrogen and oxygen atoms in total. The molecule has 2 aliphatic rings. The average molecular weight is 385 g/mol. The number of nitriles is 1. The number of amides is 1. The van der Waals surface area contributed by atoms with Gasteiger partial charge in [0.15, 0.2) is 6.10 Å². The zero-order chi connectivity index (χ0) is 19.5. The van der Waals surface area contributed by atoms with Crippen LogP contribution in [0.25, 0.3) is 0 Å². The number of hydrogen-bond donors (Lipinski definition) is 1. The lowest BCUT2D eigenvalue weighted by Gasteiger charge is -2.17. The number of fused-ring (bicyclic) bond motifs is 1. The summed E-state index contributed by atoms with van der Waals surface area (Å²) in [6.07, 6.45) is -0.0180. The van der Waals surface area contributed by atoms with E-state index in [1.54, 1.807) is 42.3 Å². The van der Waals surface area contributed by atoms with Gasteiger partial charge >= 0.3 is 6.09 Å². The number of ether oxygens (including phenoxy) is 4. The average Bonchev–Trinajstić information content (AvgIpc) is 3.40. The second kappa shape index (κ2) is 7.93. The number of nitrogens with zero attached hydrogens (tertiary/aromatic N) is 4. The predicted molar refractivity (Wildman–Crippen MR) is 94.3 cm³/mol. The summed E-state index contributed by atoms with van der Waals surface area (Å²) < 4.78 is 23.9. The number of hydrogen-bond acceptors (Lipinski definition) is 8. The Bertz CT molecular complexity index is 894. The number of aromatic nitrogens is 3. The maximum atomic E-state index is 12.2. The first kappa shape index (κ1) is 18.4. The molecule has 4 unspecified atom stereocenters. The number of rotatable bonds is 5. The molecule has 2 saturated heterocycles. The molecule has 0 saturated carbocycles. The first-order valence-electron chi connectivity index (χ1n) is 8.78. The van der Waals surface area contributed by atoms with Crippen molar-refractivity contribution >= 4 is 11.8 Å². The van der Waals surface area contributed by atoms with E-state index in [4.69, 9.17) is 24.2 Å². The van der Waals surface area contributed by atoms with Gasteiger partial charge in [0, 0.05) is 12.8 Å². The maximum absolute atomic E-state index is 12.2. The van der Waals surface area contributed by atoms with Crippen molar-refractivity contribution < 1.29 is 23.7 Å². The van der Waals surface area contributed by atoms with E-state index in [1.807, 2.05) is 6.07 Å². The molecule has 1 N–H and O–H groups in total. The van der Waals surface area contributed by atoms with Crippen molar-refractivity contribution in [3.05, 3.63) is 41.7 Å². The van der Waals surface area contributed by atoms with Gasteiger partial charge in [0.2, 0.25) is 0 Å². The molecule has 2 aromatic rings. The number of anilines is 1. The van der Waals surface area contributed by atoms with Gasteiger partial charge in [-0.2, -0.15) is 5.26 Å². The smallest absolute Gasteiger partial charge is 0.412 e. The van der Waals surface area contributed by atoms with E-state index in [0.717, 1.165) is 5.69 Å². The molecule has 3 heterocycles. The third-order valence-electron chi connectivity index (χ3n) is 4.67. The lowest BCUT2D eigenvalue weighted by molar-refractivity contribution is 0.00770. The van der Waals surface area contributed by atoms with Gasteiger partial charge in [0.25, 0.3) is 0 Å². The highest BCUT2D eigenvalue weighted by Crippen LogP contribution is 2.35. The van der Waals surface area contributed by atoms with Gasteiger partial charge in [-0.25, -0.2) is 9.48 Å². The van der Waals surface area contributed by atoms with Crippen LogP contribution in [0.1, 0.15) is 17.3 Å². The molecule has 0 radical (unpaired) electrons. The van der Waals surface area contributed by atoms with Gasteiger partial charge in [-0.15, -0.1) is 5.10 Å². The van der Waals surface area contributed by atoms with E-state index in [0.29, 0.717) is 24.5 Å². The molecular weight excluding hydrogens is 366 g/mol. The second-order valence-electron chi connectivity index (χ2n) is 6.55. The van der Waals surface area contributed by atoms with E-state index >= 15 is 0 Å². The highest BCUT2D eigenvalue weighted by atomic mass is 16.6. The van der Waals surface area contributed by atoms with Crippen molar-refractivity contribution in [2.24, 2.45) is 0 Å². The van der Waals surface area contributed by atoms with E-state index < -0.39 is 12.2 Å². The zero-order valence-corrected chi connectivity index (χ0v) is 15.1. The summed E-state index contributed by atoms with van der Waals surface area (Å²) in [5, 5.41) is 19.7. The third kappa shape index (κ3) is 3.68. The molecule has 0 bridgehead atoms. The molecule has 2 aliphatic heterocycles. The van der Waals surface area contributed by atoms with Crippen molar-refractivity contribution in [1.82, 2.24) is 15.0 Å². The van der Waals surface area contributed by atoms with Crippen LogP contribution in [0.3, 0.4) is 0 Å². The van der Waals surface area contributed by atoms with Crippen LogP contribution >= 0.6 is 0 Å². The van der Waals surface area contributed by atoms with Gasteiger partial charge in [0.1, 0.15) is 23.9 Å². The summed E-state index contributed by atoms with van der Waals surface area (Å²) in [4.78, 5) is 12.2. The van der Waals surface area contributed by atoms with Gasteiger partial charge in [0.05, 0.1) is 37.7 Å². The summed E-state index contributed by atoms with van der Waals surface area (Å²) in [7, 11) is 1.59. The van der Waals surface area contributed by atoms with Crippen LogP contribution in [0.2, 0.25) is 0 Å². The lowest BCUT2D eigenvalue weighted by Crippen LogP contribution is -2.34. The Hall–Kier alpha value is -3.00. The van der Waals surface area contributed by atoms with Gasteiger partial charge in [-0.1, -0.05) is 11.3 Å². The van der Waals surface area contributed by atoms with E-state index in [-0.39, 0.29) is 24.9 Å². The predicted octanol–water partition coefficient (Wildman–Crippen LogP) is 1.25. The van der Waals surface area contributed by atoms with Gasteiger partial charge in [-0.05, 0) is 18.2 Å². The summed E-state index contributed by atoms with van der Waals surface area (Å²) in [5.41, 5.74) is 1.65. The molecule has 28 heavy (non-hydrogen) atoms. The number of methoxy groups -OCH3 is 1. The van der Waals surface area contributed by atoms with Crippen LogP contribution in [0.5, 0.6) is 0 Å². The van der Waals surface area contributed by atoms with E-state index in [1.165, 1.54) is 0 Å². The highest BCUT2D eigenvalue weighted by Gasteiger charge is 2.50. The number of nitrogens with one attached hydrogen (secondary N) is 1. The number of carbonyl (C=O) groups excluding carboxylic acids is 1. The molecule has 0 aliphatic carbocycles. The van der Waals surface area contributed by atoms with Gasteiger partial charge < -0.3 is 18.9 Å². The molecule has 4 atom stereocenters. The fraction of sp³-hybridized carbons (Fsp3) is 0.444. The summed E-state index contributed by atoms with van der Waals surface area (Å²) in [5.74, 6) is 0. The minimum Gasteiger partial charge on any atom is -0.441 e. The van der Waals surface area contributed by atoms with Crippen LogP contribution in [-0.4, -0.2) is 59.7 Å². The van der Waals surface area contributed by atoms with Crippen molar-refractivity contribution in [3.63, 3.8) is 0 Å². The molecule has 1 amide bonds. The maximum Gasteiger partial charge on any atom is 0.412 e. The number of carbonyl (C=O) groups is 1. The molecule has 2 fully saturated rings. The first-order valence-corrected chi connectivity index (χ1v) is 8.78. The molecule has 146 valence electrons. The summed E-state index contributed by atoms with van der Waals surface area (Å²) >= 11 is 0. The fourth-order valence-corrected chi connectivity index (χ4v) is 3.41. The largest absolute Gasteiger partial charge is 0.441 e. The van der Waals surface area contributed by atoms with Crippen molar-refractivity contribution in [3.8, 4) is 6.07 Å². The lowest BCUT2D eigenvalue weighted by atomic mass is 10.1. The van der Waals surface area contributed by atoms with Crippen molar-refractivity contribution in [2.45, 2.75) is 31.0 Å². The normalized spacial score (nSPS) is 25.9. The fourth-order valence-electron chi connectivity index (χ4n) is 3.41. The topological polar surface area (TPSA) is 121 Å². The SMILES string of the molecule is COCc1cn(C2COC3C(OC(=O)Nc4cccc(C#N)c4)COC32)nn1. The molecule has 0 spiro atoms. The van der Waals surface area contributed by atoms with Crippen LogP contribution in [0.4, 0.5) is 10.5 Å². The molecule has 1 aromatic heterocycles. The van der Waals surface area contributed by atoms with E-state index in [2.05, 4.69) is 15.6 Å². The Kier molecular flexibility index (Phi) is 5.21. The molecular formula is C18H19N5O5. The zero-order valence-electron chi connectivity index (χ0n) is 15.1. The van der Waals surface area contributed by atoms with Gasteiger partial charge in [-0.3, -0.25) is 5.32 Å². The minimum absolute atomic E-state index is 0.146. The quantitative estimate of drug-likeness (QED) is 0.816. The Morgan fingerprint density at radius 2 is 2.25 bits per heavy atom. The second-order valence-corrected chi connectivity index (χ2v) is 6.55. The number of benzene rings is 1. The summed E-state index contributed by atoms with van der Waals surface area (Å²) in [6, 6.07) is 8.46. The van der Waals surface area contributed by atoms with Crippen LogP contribution < -0.4 is 5.32 Å². The summed E-state index contributed by atoms with van der Waals surface area (Å²) in [6.45, 7) is 0.995. The van der Waals surface area contributed by atoms with Crippen LogP contribution in [0, 0.1) is 11.3 Å². The van der Waals surface area contributed by atoms with Crippen molar-refractivity contribution in [1.29, 1.82) is 5.26 Å². The molecule has 1 aromatic carbocycles. The minimum atomic E-state index is -0.625. The monoisotopic (exact) mass is 385 g/mol. The highest BCUT2D eigenvalue weighted by molar-refractivity contribution is 5.85. The Morgan fingerprint density at radius 3 is 3.07 bits per heavy atom. The van der Waals surface area contributed by atoms with E-state index in [9.17, 15) is 4.79 Å². The van der Waals surface area contributed by atoms with Crippen LogP contribution in [0.15, 0.2) is 30.5 Å². The standard InChI is InChI=1S/C18H19N5O5/c1-25-8-13-7-23(22-21-13)14-9-26-17-15(10-27-16(14)17)28-18(24)20-12-4-2-3-11(5-12)6-19/h2-5,7,14-17H,8-10H2,1H3,(H,20,24). The molecule has 10 heteroatoms. The Balaban J connectivity index is 1.36. The first-order chi connectivity index (χ1) is 13.7. The van der Waals surface area contributed by atoms with Crippen molar-refractivity contribution in [2.75, 3.05) is 25.6 Å². The Labute approximate surface area is 160 Å². The molecule has 4 rings (SSSR count). The van der Waals surface area contributed by atoms with Crippen LogP contribution in [-0.2, 0) is 25.6 Å².